The molecule has 0 aliphatic carbocycles. The molecule has 0 aromatic heterocycles. The summed E-state index contributed by atoms with van der Waals surface area (Å²) in [5.41, 5.74) is 7.34. The molecule has 2 rings (SSSR count). The lowest BCUT2D eigenvalue weighted by atomic mass is 10.2. The first-order chi connectivity index (χ1) is 4.86. The van der Waals surface area contributed by atoms with Crippen molar-refractivity contribution in [1.29, 1.82) is 0 Å². The number of aliphatic imine (C=N–C) groups is 2. The Labute approximate surface area is 63.1 Å². The van der Waals surface area contributed by atoms with Gasteiger partial charge in [-0.25, -0.2) is 4.99 Å². The van der Waals surface area contributed by atoms with Crippen LogP contribution in [-0.4, -0.2) is 23.1 Å². The van der Waals surface area contributed by atoms with Crippen LogP contribution in [0, 0.1) is 0 Å². The first kappa shape index (κ1) is 5.97. The summed E-state index contributed by atoms with van der Waals surface area (Å²) >= 11 is 1.69. The summed E-state index contributed by atoms with van der Waals surface area (Å²) in [5.74, 6) is 0.610. The standard InChI is InChI=1S/C6H7N3S/c7-6-1-5-4(2-8-6)9-3-10-5/h1-5H,7H2. The molecule has 0 amide bonds. The number of hydrogen-bond donors (Lipinski definition) is 1. The zero-order valence-electron chi connectivity index (χ0n) is 5.27. The maximum atomic E-state index is 5.48. The molecule has 2 atom stereocenters. The van der Waals surface area contributed by atoms with Crippen LogP contribution in [0.2, 0.25) is 0 Å². The number of nitrogens with zero attached hydrogens (tertiary/aromatic N) is 2. The van der Waals surface area contributed by atoms with Crippen molar-refractivity contribution in [2.75, 3.05) is 0 Å². The second-order valence-corrected chi connectivity index (χ2v) is 3.24. The molecule has 10 heavy (non-hydrogen) atoms. The van der Waals surface area contributed by atoms with Gasteiger partial charge in [-0.2, -0.15) is 0 Å². The van der Waals surface area contributed by atoms with Gasteiger partial charge in [0.1, 0.15) is 11.9 Å². The van der Waals surface area contributed by atoms with Gasteiger partial charge in [-0.1, -0.05) is 0 Å². The van der Waals surface area contributed by atoms with Crippen molar-refractivity contribution in [1.82, 2.24) is 0 Å². The lowest BCUT2D eigenvalue weighted by molar-refractivity contribution is 0.898. The van der Waals surface area contributed by atoms with Gasteiger partial charge >= 0.3 is 0 Å². The highest BCUT2D eigenvalue weighted by atomic mass is 32.2. The van der Waals surface area contributed by atoms with E-state index in [4.69, 9.17) is 5.73 Å². The van der Waals surface area contributed by atoms with E-state index < -0.39 is 0 Å². The highest BCUT2D eigenvalue weighted by Crippen LogP contribution is 2.24. The molecule has 3 nitrogen and oxygen atoms in total. The molecule has 2 N–H and O–H groups in total. The molecule has 0 aromatic rings. The van der Waals surface area contributed by atoms with Crippen LogP contribution in [0.25, 0.3) is 0 Å². The van der Waals surface area contributed by atoms with Crippen molar-refractivity contribution in [3.8, 4) is 0 Å². The summed E-state index contributed by atoms with van der Waals surface area (Å²) in [6.45, 7) is 0. The van der Waals surface area contributed by atoms with Crippen molar-refractivity contribution in [3.05, 3.63) is 11.9 Å². The average Bonchev–Trinajstić information content (AvgIpc) is 2.33. The third-order valence-corrected chi connectivity index (χ3v) is 2.47. The lowest BCUT2D eigenvalue weighted by Crippen LogP contribution is -2.22. The van der Waals surface area contributed by atoms with Crippen LogP contribution in [0.1, 0.15) is 0 Å². The minimum atomic E-state index is 0.234. The molecular weight excluding hydrogens is 146 g/mol. The number of thioether (sulfide) groups is 1. The minimum Gasteiger partial charge on any atom is -0.384 e. The second kappa shape index (κ2) is 2.12. The van der Waals surface area contributed by atoms with Crippen LogP contribution in [0.15, 0.2) is 21.9 Å². The third kappa shape index (κ3) is 0.844. The quantitative estimate of drug-likeness (QED) is 0.547. The van der Waals surface area contributed by atoms with Crippen molar-refractivity contribution in [3.63, 3.8) is 0 Å². The van der Waals surface area contributed by atoms with Gasteiger partial charge in [0, 0.05) is 6.21 Å². The van der Waals surface area contributed by atoms with Crippen LogP contribution in [0.4, 0.5) is 0 Å². The fraction of sp³-hybridized carbons (Fsp3) is 0.333. The van der Waals surface area contributed by atoms with Gasteiger partial charge in [0.15, 0.2) is 0 Å². The van der Waals surface area contributed by atoms with Crippen molar-refractivity contribution in [2.45, 2.75) is 11.3 Å². The molecular formula is C6H7N3S. The monoisotopic (exact) mass is 153 g/mol. The van der Waals surface area contributed by atoms with E-state index >= 15 is 0 Å². The molecule has 0 bridgehead atoms. The summed E-state index contributed by atoms with van der Waals surface area (Å²) in [5, 5.41) is 0.400. The molecule has 2 heterocycles. The van der Waals surface area contributed by atoms with E-state index in [-0.39, 0.29) is 6.04 Å². The molecule has 2 unspecified atom stereocenters. The van der Waals surface area contributed by atoms with E-state index in [0.717, 1.165) is 0 Å². The largest absolute Gasteiger partial charge is 0.384 e. The van der Waals surface area contributed by atoms with Crippen LogP contribution >= 0.6 is 11.8 Å². The number of rotatable bonds is 0. The lowest BCUT2D eigenvalue weighted by Gasteiger charge is -2.12. The van der Waals surface area contributed by atoms with Gasteiger partial charge in [0.2, 0.25) is 0 Å². The molecule has 0 aromatic carbocycles. The molecule has 0 fully saturated rings. The number of nitrogens with two attached hydrogens (primary N) is 1. The average molecular weight is 153 g/mol. The zero-order chi connectivity index (χ0) is 6.97. The van der Waals surface area contributed by atoms with Gasteiger partial charge in [-0.05, 0) is 6.08 Å². The maximum Gasteiger partial charge on any atom is 0.120 e. The summed E-state index contributed by atoms with van der Waals surface area (Å²) < 4.78 is 0. The van der Waals surface area contributed by atoms with E-state index in [0.29, 0.717) is 11.1 Å². The Kier molecular flexibility index (Phi) is 1.27. The predicted octanol–water partition coefficient (Wildman–Crippen LogP) is 0.383. The van der Waals surface area contributed by atoms with Gasteiger partial charge in [-0.3, -0.25) is 4.99 Å². The highest BCUT2D eigenvalue weighted by molar-refractivity contribution is 8.13. The fourth-order valence-corrected chi connectivity index (χ4v) is 1.85. The Bertz CT molecular complexity index is 231. The van der Waals surface area contributed by atoms with Gasteiger partial charge in [0.25, 0.3) is 0 Å². The summed E-state index contributed by atoms with van der Waals surface area (Å²) in [4.78, 5) is 8.14. The molecule has 4 heteroatoms. The molecule has 0 saturated carbocycles. The van der Waals surface area contributed by atoms with Crippen molar-refractivity contribution < 1.29 is 0 Å². The molecule has 2 aliphatic heterocycles. The van der Waals surface area contributed by atoms with Crippen molar-refractivity contribution in [2.24, 2.45) is 15.7 Å². The minimum absolute atomic E-state index is 0.234. The van der Waals surface area contributed by atoms with E-state index in [1.165, 1.54) is 0 Å². The van der Waals surface area contributed by atoms with Gasteiger partial charge in [0.05, 0.1) is 10.8 Å². The maximum absolute atomic E-state index is 5.48. The van der Waals surface area contributed by atoms with Crippen LogP contribution in [0.5, 0.6) is 0 Å². The zero-order valence-corrected chi connectivity index (χ0v) is 6.08. The smallest absolute Gasteiger partial charge is 0.120 e. The predicted molar refractivity (Wildman–Crippen MR) is 44.4 cm³/mol. The normalized spacial score (nSPS) is 35.8. The summed E-state index contributed by atoms with van der Waals surface area (Å²) in [6, 6.07) is 0.234. The number of fused-ring (bicyclic) bond motifs is 1. The van der Waals surface area contributed by atoms with Crippen LogP contribution in [-0.2, 0) is 0 Å². The molecule has 0 radical (unpaired) electrons. The fourth-order valence-electron chi connectivity index (χ4n) is 0.976. The van der Waals surface area contributed by atoms with Crippen LogP contribution < -0.4 is 5.73 Å². The van der Waals surface area contributed by atoms with E-state index in [1.54, 1.807) is 18.0 Å². The molecule has 52 valence electrons. The third-order valence-electron chi connectivity index (χ3n) is 1.50. The van der Waals surface area contributed by atoms with Gasteiger partial charge in [-0.15, -0.1) is 11.8 Å². The summed E-state index contributed by atoms with van der Waals surface area (Å²) in [6.07, 6.45) is 3.75. The molecule has 2 aliphatic rings. The van der Waals surface area contributed by atoms with Gasteiger partial charge < -0.3 is 5.73 Å². The Balaban J connectivity index is 2.25. The Hall–Kier alpha value is -0.770. The Morgan fingerprint density at radius 1 is 1.60 bits per heavy atom. The Morgan fingerprint density at radius 3 is 3.40 bits per heavy atom. The first-order valence-corrected chi connectivity index (χ1v) is 3.99. The molecule has 0 spiro atoms. The van der Waals surface area contributed by atoms with E-state index in [9.17, 15) is 0 Å². The highest BCUT2D eigenvalue weighted by Gasteiger charge is 2.23. The topological polar surface area (TPSA) is 50.7 Å². The van der Waals surface area contributed by atoms with E-state index in [1.807, 2.05) is 11.6 Å². The Morgan fingerprint density at radius 2 is 2.50 bits per heavy atom. The molecule has 0 saturated heterocycles. The summed E-state index contributed by atoms with van der Waals surface area (Å²) in [7, 11) is 0. The SMILES string of the molecule is NC1=CC2SC=NC2C=N1. The van der Waals surface area contributed by atoms with E-state index in [2.05, 4.69) is 9.98 Å². The number of hydrogen-bond acceptors (Lipinski definition) is 4. The van der Waals surface area contributed by atoms with Crippen molar-refractivity contribution >= 4 is 23.5 Å². The van der Waals surface area contributed by atoms with Crippen LogP contribution in [0.3, 0.4) is 0 Å². The first-order valence-electron chi connectivity index (χ1n) is 3.05. The second-order valence-electron chi connectivity index (χ2n) is 2.22.